The molecule has 12 aromatic rings. The molecule has 2 aliphatic rings. The SMILES string of the molecule is [2H]C([2H])([2H])c1nc(C([2H])([2H])[2H])c(-c2ccc3c(c2)-c2ccccc2-c2ccccc2-c2ncccc2-3)nc1-c1ccc2c(c1)-c1ccccc1-c1ccccc1-c1cc(-c3cccc4c3sc3ccccc34)ccc1-2. The van der Waals surface area contributed by atoms with Crippen LogP contribution in [-0.4, -0.2) is 15.0 Å². The number of pyridine rings is 1. The Morgan fingerprint density at radius 1 is 0.319 bits per heavy atom. The number of thiophene rings is 1. The van der Waals surface area contributed by atoms with E-state index in [4.69, 9.17) is 18.2 Å². The van der Waals surface area contributed by atoms with Gasteiger partial charge in [0.05, 0.1) is 28.5 Å². The molecule has 0 amide bonds. The van der Waals surface area contributed by atoms with E-state index in [1.165, 1.54) is 25.7 Å². The van der Waals surface area contributed by atoms with E-state index in [0.29, 0.717) is 11.1 Å². The summed E-state index contributed by atoms with van der Waals surface area (Å²) < 4.78 is 55.7. The molecular weight excluding hydrogens is 855 g/mol. The van der Waals surface area contributed by atoms with Crippen LogP contribution in [0, 0.1) is 13.7 Å². The standard InChI is InChI=1S/C65H41N3S/c1-38-62(68-63(39(2)67-38)42-30-33-53-56-26-14-34-66-64(56)55-23-10-9-18-47(55)46-17-5-8-21-50(46)60(53)37-42)41-29-32-52-51-31-28-40(43-24-13-25-57-54-22-11-12-27-61(54)69-65(43)57)35-58(51)48-19-6-3-15-44(48)45-16-4-7-20-49(45)59(52)36-41/h3-37H,1-2H3/i1D3,2D3. The lowest BCUT2D eigenvalue weighted by atomic mass is 9.79. The van der Waals surface area contributed by atoms with E-state index in [-0.39, 0.29) is 22.8 Å². The topological polar surface area (TPSA) is 38.7 Å². The zero-order chi connectivity index (χ0) is 50.7. The Morgan fingerprint density at radius 2 is 0.739 bits per heavy atom. The molecule has 2 aliphatic carbocycles. The van der Waals surface area contributed by atoms with Crippen LogP contribution < -0.4 is 0 Å². The molecule has 9 aromatic carbocycles. The Morgan fingerprint density at radius 3 is 1.32 bits per heavy atom. The predicted octanol–water partition coefficient (Wildman–Crippen LogP) is 17.8. The van der Waals surface area contributed by atoms with Gasteiger partial charge in [0.25, 0.3) is 0 Å². The molecular formula is C65H41N3S. The lowest BCUT2D eigenvalue weighted by Crippen LogP contribution is -2.02. The van der Waals surface area contributed by atoms with Crippen LogP contribution in [0.25, 0.3) is 143 Å². The maximum atomic E-state index is 8.88. The van der Waals surface area contributed by atoms with Crippen molar-refractivity contribution in [2.45, 2.75) is 13.7 Å². The third kappa shape index (κ3) is 6.16. The van der Waals surface area contributed by atoms with Crippen molar-refractivity contribution in [3.8, 4) is 123 Å². The van der Waals surface area contributed by atoms with Gasteiger partial charge in [-0.15, -0.1) is 11.3 Å². The molecule has 0 N–H and O–H groups in total. The molecule has 3 nitrogen and oxygen atoms in total. The van der Waals surface area contributed by atoms with E-state index in [9.17, 15) is 0 Å². The van der Waals surface area contributed by atoms with Crippen LogP contribution in [-0.2, 0) is 0 Å². The summed E-state index contributed by atoms with van der Waals surface area (Å²) in [6.45, 7) is -5.64. The average molecular weight is 902 g/mol. The second-order valence-corrected chi connectivity index (χ2v) is 18.8. The maximum Gasteiger partial charge on any atom is 0.0922 e. The van der Waals surface area contributed by atoms with Gasteiger partial charge in [0.15, 0.2) is 0 Å². The highest BCUT2D eigenvalue weighted by atomic mass is 32.1. The van der Waals surface area contributed by atoms with E-state index < -0.39 is 13.7 Å². The summed E-state index contributed by atoms with van der Waals surface area (Å²) in [6.07, 6.45) is 1.80. The molecule has 0 atom stereocenters. The molecule has 0 spiro atoms. The molecule has 69 heavy (non-hydrogen) atoms. The number of aryl methyl sites for hydroxylation is 2. The van der Waals surface area contributed by atoms with Gasteiger partial charge in [-0.2, -0.15) is 0 Å². The van der Waals surface area contributed by atoms with E-state index in [2.05, 4.69) is 138 Å². The van der Waals surface area contributed by atoms with Crippen molar-refractivity contribution in [3.63, 3.8) is 0 Å². The van der Waals surface area contributed by atoms with Crippen molar-refractivity contribution in [1.29, 1.82) is 0 Å². The number of hydrogen-bond donors (Lipinski definition) is 0. The van der Waals surface area contributed by atoms with Crippen molar-refractivity contribution in [1.82, 2.24) is 15.0 Å². The molecule has 0 saturated carbocycles. The van der Waals surface area contributed by atoms with Gasteiger partial charge >= 0.3 is 0 Å². The van der Waals surface area contributed by atoms with Crippen LogP contribution in [0.3, 0.4) is 0 Å². The first kappa shape index (κ1) is 33.8. The molecule has 0 unspecified atom stereocenters. The van der Waals surface area contributed by atoms with Crippen LogP contribution in [0.1, 0.15) is 19.6 Å². The third-order valence-electron chi connectivity index (χ3n) is 14.0. The van der Waals surface area contributed by atoms with E-state index in [1.54, 1.807) is 6.20 Å². The predicted molar refractivity (Wildman–Crippen MR) is 289 cm³/mol. The number of aromatic nitrogens is 3. The highest BCUT2D eigenvalue weighted by Crippen LogP contribution is 2.52. The first-order valence-corrected chi connectivity index (χ1v) is 23.9. The second-order valence-electron chi connectivity index (χ2n) is 17.8. The highest BCUT2D eigenvalue weighted by Gasteiger charge is 2.26. The molecule has 0 aliphatic heterocycles. The molecule has 0 fully saturated rings. The minimum atomic E-state index is -2.82. The largest absolute Gasteiger partial charge is 0.256 e. The molecule has 14 rings (SSSR count). The summed E-state index contributed by atoms with van der Waals surface area (Å²) in [7, 11) is 0. The van der Waals surface area contributed by atoms with Crippen molar-refractivity contribution in [3.05, 3.63) is 224 Å². The lowest BCUT2D eigenvalue weighted by molar-refractivity contribution is 1.07. The summed E-state index contributed by atoms with van der Waals surface area (Å²) in [5.74, 6) is 0. The van der Waals surface area contributed by atoms with Crippen LogP contribution in [0.2, 0.25) is 0 Å². The number of hydrogen-bond acceptors (Lipinski definition) is 4. The molecule has 0 saturated heterocycles. The highest BCUT2D eigenvalue weighted by molar-refractivity contribution is 7.26. The first-order chi connectivity index (χ1) is 36.5. The number of rotatable bonds is 3. The summed E-state index contributed by atoms with van der Waals surface area (Å²) >= 11 is 1.81. The summed E-state index contributed by atoms with van der Waals surface area (Å²) in [5, 5.41) is 2.48. The summed E-state index contributed by atoms with van der Waals surface area (Å²) in [5.41, 5.74) is 18.3. The monoisotopic (exact) mass is 901 g/mol. The van der Waals surface area contributed by atoms with Gasteiger partial charge in [-0.3, -0.25) is 9.97 Å². The van der Waals surface area contributed by atoms with Gasteiger partial charge in [-0.05, 0) is 127 Å². The van der Waals surface area contributed by atoms with E-state index in [1.807, 2.05) is 84.1 Å². The molecule has 4 heteroatoms. The fraction of sp³-hybridized carbons (Fsp3) is 0.0308. The quantitative estimate of drug-likeness (QED) is 0.177. The molecule has 322 valence electrons. The number of nitrogens with zero attached hydrogens (tertiary/aromatic N) is 3. The van der Waals surface area contributed by atoms with Crippen molar-refractivity contribution in [2.24, 2.45) is 0 Å². The Kier molecular flexibility index (Phi) is 7.60. The van der Waals surface area contributed by atoms with Gasteiger partial charge in [0.2, 0.25) is 0 Å². The van der Waals surface area contributed by atoms with Gasteiger partial charge < -0.3 is 0 Å². The fourth-order valence-electron chi connectivity index (χ4n) is 10.9. The lowest BCUT2D eigenvalue weighted by Gasteiger charge is -2.24. The van der Waals surface area contributed by atoms with Crippen LogP contribution in [0.5, 0.6) is 0 Å². The normalized spacial score (nSPS) is 13.6. The summed E-state index contributed by atoms with van der Waals surface area (Å²) in [4.78, 5) is 14.8. The number of benzene rings is 9. The first-order valence-electron chi connectivity index (χ1n) is 26.1. The zero-order valence-corrected chi connectivity index (χ0v) is 37.8. The molecule has 0 radical (unpaired) electrons. The van der Waals surface area contributed by atoms with Crippen LogP contribution >= 0.6 is 11.3 Å². The van der Waals surface area contributed by atoms with Gasteiger partial charge in [-0.1, -0.05) is 176 Å². The van der Waals surface area contributed by atoms with Gasteiger partial charge in [0.1, 0.15) is 0 Å². The fourth-order valence-corrected chi connectivity index (χ4v) is 12.1. The van der Waals surface area contributed by atoms with Crippen LogP contribution in [0.4, 0.5) is 0 Å². The minimum Gasteiger partial charge on any atom is -0.256 e. The molecule has 3 aromatic heterocycles. The zero-order valence-electron chi connectivity index (χ0n) is 43.0. The third-order valence-corrected chi connectivity index (χ3v) is 15.2. The van der Waals surface area contributed by atoms with Crippen molar-refractivity contribution >= 4 is 31.5 Å². The molecule has 3 heterocycles. The van der Waals surface area contributed by atoms with Gasteiger partial charge in [-0.25, -0.2) is 4.98 Å². The van der Waals surface area contributed by atoms with E-state index in [0.717, 1.165) is 94.7 Å². The molecule has 0 bridgehead atoms. The Bertz CT molecular complexity index is 4350. The average Bonchev–Trinajstić information content (AvgIpc) is 3.86. The van der Waals surface area contributed by atoms with Gasteiger partial charge in [0, 0.05) is 56.8 Å². The van der Waals surface area contributed by atoms with E-state index >= 15 is 0 Å². The Labute approximate surface area is 413 Å². The summed E-state index contributed by atoms with van der Waals surface area (Å²) in [6, 6.07) is 70.9. The van der Waals surface area contributed by atoms with Crippen LogP contribution in [0.15, 0.2) is 212 Å². The van der Waals surface area contributed by atoms with Crippen molar-refractivity contribution < 1.29 is 8.22 Å². The van der Waals surface area contributed by atoms with Crippen molar-refractivity contribution in [2.75, 3.05) is 0 Å². The second kappa shape index (κ2) is 15.5. The Balaban J connectivity index is 0.989. The Hall–Kier alpha value is -8.57. The maximum absolute atomic E-state index is 8.88. The minimum absolute atomic E-state index is 0.0831. The smallest absolute Gasteiger partial charge is 0.0922 e. The number of fused-ring (bicyclic) bond motifs is 19.